The van der Waals surface area contributed by atoms with Gasteiger partial charge in [0.2, 0.25) is 5.91 Å². The van der Waals surface area contributed by atoms with Gasteiger partial charge >= 0.3 is 5.97 Å². The van der Waals surface area contributed by atoms with Crippen LogP contribution in [0.25, 0.3) is 0 Å². The van der Waals surface area contributed by atoms with Gasteiger partial charge in [0.15, 0.2) is 0 Å². The predicted octanol–water partition coefficient (Wildman–Crippen LogP) is 1.43. The maximum atomic E-state index is 12.2. The van der Waals surface area contributed by atoms with Crippen molar-refractivity contribution in [2.24, 2.45) is 5.41 Å². The Morgan fingerprint density at radius 2 is 1.84 bits per heavy atom. The molecule has 0 spiro atoms. The molecule has 1 fully saturated rings. The SMILES string of the molecule is CCCN(CCC)C(=O)CN1CCC(C)(C(=O)O)C1. The van der Waals surface area contributed by atoms with Gasteiger partial charge in [-0.05, 0) is 32.7 Å². The Balaban J connectivity index is 2.51. The van der Waals surface area contributed by atoms with Crippen LogP contribution in [0.15, 0.2) is 0 Å². The fourth-order valence-electron chi connectivity index (χ4n) is 2.56. The summed E-state index contributed by atoms with van der Waals surface area (Å²) < 4.78 is 0. The highest BCUT2D eigenvalue weighted by Crippen LogP contribution is 2.29. The Labute approximate surface area is 115 Å². The van der Waals surface area contributed by atoms with Crippen molar-refractivity contribution in [2.75, 3.05) is 32.7 Å². The van der Waals surface area contributed by atoms with Crippen molar-refractivity contribution in [3.8, 4) is 0 Å². The van der Waals surface area contributed by atoms with Crippen LogP contribution in [0, 0.1) is 5.41 Å². The van der Waals surface area contributed by atoms with Crippen molar-refractivity contribution in [1.29, 1.82) is 0 Å². The van der Waals surface area contributed by atoms with Gasteiger partial charge in [0.25, 0.3) is 0 Å². The van der Waals surface area contributed by atoms with Crippen LogP contribution < -0.4 is 0 Å². The number of carboxylic acids is 1. The Bertz CT molecular complexity index is 327. The number of rotatable bonds is 7. The van der Waals surface area contributed by atoms with E-state index >= 15 is 0 Å². The maximum absolute atomic E-state index is 12.2. The van der Waals surface area contributed by atoms with Crippen molar-refractivity contribution in [3.05, 3.63) is 0 Å². The Morgan fingerprint density at radius 1 is 1.26 bits per heavy atom. The van der Waals surface area contributed by atoms with E-state index in [9.17, 15) is 14.7 Å². The molecule has 0 radical (unpaired) electrons. The molecule has 19 heavy (non-hydrogen) atoms. The van der Waals surface area contributed by atoms with Crippen LogP contribution in [0.3, 0.4) is 0 Å². The minimum absolute atomic E-state index is 0.123. The molecule has 1 aliphatic rings. The van der Waals surface area contributed by atoms with Gasteiger partial charge in [0, 0.05) is 19.6 Å². The van der Waals surface area contributed by atoms with Crippen LogP contribution in [-0.2, 0) is 9.59 Å². The number of carbonyl (C=O) groups excluding carboxylic acids is 1. The summed E-state index contributed by atoms with van der Waals surface area (Å²) in [7, 11) is 0. The molecule has 110 valence electrons. The first-order valence-corrected chi connectivity index (χ1v) is 7.16. The molecule has 1 heterocycles. The van der Waals surface area contributed by atoms with E-state index in [1.807, 2.05) is 9.80 Å². The molecule has 5 nitrogen and oxygen atoms in total. The summed E-state index contributed by atoms with van der Waals surface area (Å²) >= 11 is 0. The van der Waals surface area contributed by atoms with Crippen LogP contribution in [-0.4, -0.2) is 59.5 Å². The molecule has 1 rings (SSSR count). The van der Waals surface area contributed by atoms with E-state index in [1.165, 1.54) is 0 Å². The van der Waals surface area contributed by atoms with Gasteiger partial charge in [0.05, 0.1) is 12.0 Å². The fraction of sp³-hybridized carbons (Fsp3) is 0.857. The highest BCUT2D eigenvalue weighted by Gasteiger charge is 2.40. The lowest BCUT2D eigenvalue weighted by atomic mass is 9.90. The van der Waals surface area contributed by atoms with Gasteiger partial charge < -0.3 is 10.0 Å². The van der Waals surface area contributed by atoms with Gasteiger partial charge in [-0.25, -0.2) is 0 Å². The van der Waals surface area contributed by atoms with Crippen LogP contribution >= 0.6 is 0 Å². The largest absolute Gasteiger partial charge is 0.481 e. The molecule has 1 aliphatic heterocycles. The predicted molar refractivity (Wildman–Crippen MR) is 74.0 cm³/mol. The molecule has 1 N–H and O–H groups in total. The monoisotopic (exact) mass is 270 g/mol. The second-order valence-electron chi connectivity index (χ2n) is 5.71. The van der Waals surface area contributed by atoms with Crippen molar-refractivity contribution >= 4 is 11.9 Å². The van der Waals surface area contributed by atoms with Gasteiger partial charge in [0.1, 0.15) is 0 Å². The molecule has 1 atom stereocenters. The Morgan fingerprint density at radius 3 is 2.26 bits per heavy atom. The summed E-state index contributed by atoms with van der Waals surface area (Å²) in [6.07, 6.45) is 2.54. The molecule has 0 aromatic carbocycles. The number of hydrogen-bond acceptors (Lipinski definition) is 3. The van der Waals surface area contributed by atoms with Gasteiger partial charge in [-0.1, -0.05) is 13.8 Å². The molecule has 0 aromatic heterocycles. The average molecular weight is 270 g/mol. The third kappa shape index (κ3) is 4.20. The number of nitrogens with zero attached hydrogens (tertiary/aromatic N) is 2. The third-order valence-corrected chi connectivity index (χ3v) is 3.77. The lowest BCUT2D eigenvalue weighted by molar-refractivity contribution is -0.147. The van der Waals surface area contributed by atoms with Crippen molar-refractivity contribution in [2.45, 2.75) is 40.0 Å². The maximum Gasteiger partial charge on any atom is 0.310 e. The lowest BCUT2D eigenvalue weighted by Crippen LogP contribution is -2.41. The van der Waals surface area contributed by atoms with E-state index in [1.54, 1.807) is 6.92 Å². The zero-order chi connectivity index (χ0) is 14.5. The minimum atomic E-state index is -0.763. The van der Waals surface area contributed by atoms with E-state index < -0.39 is 11.4 Å². The van der Waals surface area contributed by atoms with Crippen LogP contribution in [0.1, 0.15) is 40.0 Å². The third-order valence-electron chi connectivity index (χ3n) is 3.77. The normalized spacial score (nSPS) is 23.5. The molecular formula is C14H26N2O3. The zero-order valence-corrected chi connectivity index (χ0v) is 12.3. The molecule has 1 amide bonds. The molecule has 0 aromatic rings. The number of carboxylic acid groups (broad SMARTS) is 1. The van der Waals surface area contributed by atoms with Crippen molar-refractivity contribution < 1.29 is 14.7 Å². The number of amides is 1. The summed E-state index contributed by atoms with van der Waals surface area (Å²) in [6, 6.07) is 0. The first-order chi connectivity index (χ1) is 8.92. The molecule has 0 aliphatic carbocycles. The second kappa shape index (κ2) is 6.89. The van der Waals surface area contributed by atoms with Gasteiger partial charge in [-0.3, -0.25) is 14.5 Å². The Kier molecular flexibility index (Phi) is 5.79. The molecule has 1 unspecified atom stereocenters. The van der Waals surface area contributed by atoms with Gasteiger partial charge in [-0.15, -0.1) is 0 Å². The van der Waals surface area contributed by atoms with Crippen LogP contribution in [0.2, 0.25) is 0 Å². The first-order valence-electron chi connectivity index (χ1n) is 7.16. The summed E-state index contributed by atoms with van der Waals surface area (Å²) in [4.78, 5) is 27.2. The second-order valence-corrected chi connectivity index (χ2v) is 5.71. The van der Waals surface area contributed by atoms with Crippen molar-refractivity contribution in [1.82, 2.24) is 9.80 Å². The number of aliphatic carboxylic acids is 1. The van der Waals surface area contributed by atoms with E-state index in [4.69, 9.17) is 0 Å². The van der Waals surface area contributed by atoms with E-state index in [2.05, 4.69) is 13.8 Å². The highest BCUT2D eigenvalue weighted by atomic mass is 16.4. The Hall–Kier alpha value is -1.10. The quantitative estimate of drug-likeness (QED) is 0.760. The highest BCUT2D eigenvalue weighted by molar-refractivity contribution is 5.79. The zero-order valence-electron chi connectivity index (χ0n) is 12.3. The molecular weight excluding hydrogens is 244 g/mol. The average Bonchev–Trinajstić information content (AvgIpc) is 2.72. The fourth-order valence-corrected chi connectivity index (χ4v) is 2.56. The van der Waals surface area contributed by atoms with E-state index in [0.717, 1.165) is 25.9 Å². The van der Waals surface area contributed by atoms with Crippen LogP contribution in [0.4, 0.5) is 0 Å². The minimum Gasteiger partial charge on any atom is -0.481 e. The smallest absolute Gasteiger partial charge is 0.310 e. The lowest BCUT2D eigenvalue weighted by Gasteiger charge is -2.25. The van der Waals surface area contributed by atoms with Crippen molar-refractivity contribution in [3.63, 3.8) is 0 Å². The summed E-state index contributed by atoms with van der Waals surface area (Å²) in [5, 5.41) is 9.18. The van der Waals surface area contributed by atoms with E-state index in [0.29, 0.717) is 26.1 Å². The number of hydrogen-bond donors (Lipinski definition) is 1. The molecule has 1 saturated heterocycles. The molecule has 0 bridgehead atoms. The summed E-state index contributed by atoms with van der Waals surface area (Å²) in [5.74, 6) is -0.639. The molecule has 0 saturated carbocycles. The van der Waals surface area contributed by atoms with E-state index in [-0.39, 0.29) is 5.91 Å². The first kappa shape index (κ1) is 16.0. The summed E-state index contributed by atoms with van der Waals surface area (Å²) in [6.45, 7) is 8.98. The number of carbonyl (C=O) groups is 2. The van der Waals surface area contributed by atoms with Gasteiger partial charge in [-0.2, -0.15) is 0 Å². The standard InChI is InChI=1S/C14H26N2O3/c1-4-7-16(8-5-2)12(17)10-15-9-6-14(3,11-15)13(18)19/h4-11H2,1-3H3,(H,18,19). The summed E-state index contributed by atoms with van der Waals surface area (Å²) in [5.41, 5.74) is -0.694. The molecule has 5 heteroatoms. The topological polar surface area (TPSA) is 60.9 Å². The number of likely N-dealkylation sites (tertiary alicyclic amines) is 1. The van der Waals surface area contributed by atoms with Crippen LogP contribution in [0.5, 0.6) is 0 Å².